The maximum Gasteiger partial charge on any atom is 0.246 e. The lowest BCUT2D eigenvalue weighted by molar-refractivity contribution is -0.114. The van der Waals surface area contributed by atoms with E-state index in [9.17, 15) is 4.79 Å². The first-order valence-electron chi connectivity index (χ1n) is 6.31. The van der Waals surface area contributed by atoms with Crippen molar-refractivity contribution in [1.82, 2.24) is 0 Å². The van der Waals surface area contributed by atoms with E-state index in [-0.39, 0.29) is 42.4 Å². The van der Waals surface area contributed by atoms with Gasteiger partial charge in [0.25, 0.3) is 0 Å². The molecule has 2 aromatic carbocycles. The van der Waals surface area contributed by atoms with Gasteiger partial charge in [0, 0.05) is 15.8 Å². The van der Waals surface area contributed by atoms with Crippen molar-refractivity contribution in [3.8, 4) is 0 Å². The van der Waals surface area contributed by atoms with Gasteiger partial charge in [0.15, 0.2) is 5.96 Å². The summed E-state index contributed by atoms with van der Waals surface area (Å²) in [4.78, 5) is 15.8. The van der Waals surface area contributed by atoms with Gasteiger partial charge in [-0.25, -0.2) is 4.99 Å². The minimum absolute atomic E-state index is 0. The summed E-state index contributed by atoms with van der Waals surface area (Å²) in [6.07, 6.45) is 0. The van der Waals surface area contributed by atoms with Gasteiger partial charge < -0.3 is 16.4 Å². The lowest BCUT2D eigenvalue weighted by Gasteiger charge is -2.06. The number of hydrogen-bond acceptors (Lipinski definition) is 2. The van der Waals surface area contributed by atoms with E-state index in [1.807, 2.05) is 48.5 Å². The van der Waals surface area contributed by atoms with Crippen LogP contribution < -0.4 is 16.4 Å². The predicted octanol–water partition coefficient (Wildman–Crippen LogP) is 3.43. The fourth-order valence-corrected chi connectivity index (χ4v) is 2.03. The fourth-order valence-electron chi connectivity index (χ4n) is 1.63. The van der Waals surface area contributed by atoms with Crippen molar-refractivity contribution in [2.45, 2.75) is 0 Å². The summed E-state index contributed by atoms with van der Waals surface area (Å²) >= 11 is 3.34. The molecule has 4 N–H and O–H groups in total. The Labute approximate surface area is 154 Å². The third-order valence-electron chi connectivity index (χ3n) is 2.55. The summed E-state index contributed by atoms with van der Waals surface area (Å²) in [6.45, 7) is -0.0435. The Morgan fingerprint density at radius 1 is 1.05 bits per heavy atom. The van der Waals surface area contributed by atoms with Crippen LogP contribution in [-0.2, 0) is 4.79 Å². The molecule has 0 aromatic heterocycles. The SMILES string of the molecule is I.NC(=NCC(=O)Nc1cccc(Br)c1)Nc1ccccc1. The number of rotatable bonds is 4. The van der Waals surface area contributed by atoms with Crippen molar-refractivity contribution in [2.24, 2.45) is 10.7 Å². The van der Waals surface area contributed by atoms with Gasteiger partial charge in [0.2, 0.25) is 5.91 Å². The number of benzene rings is 2. The van der Waals surface area contributed by atoms with Gasteiger partial charge in [-0.2, -0.15) is 0 Å². The molecule has 0 unspecified atom stereocenters. The van der Waals surface area contributed by atoms with E-state index in [1.165, 1.54) is 0 Å². The standard InChI is InChI=1S/C15H15BrN4O.HI/c16-11-5-4-8-13(9-11)19-14(21)10-18-15(17)20-12-6-2-1-3-7-12;/h1-9H,10H2,(H,19,21)(H3,17,18,20);1H. The molecule has 0 spiro atoms. The summed E-state index contributed by atoms with van der Waals surface area (Å²) in [7, 11) is 0. The highest BCUT2D eigenvalue weighted by Crippen LogP contribution is 2.15. The van der Waals surface area contributed by atoms with Gasteiger partial charge in [-0.15, -0.1) is 24.0 Å². The molecule has 2 rings (SSSR count). The van der Waals surface area contributed by atoms with Gasteiger partial charge in [-0.05, 0) is 30.3 Å². The summed E-state index contributed by atoms with van der Waals surface area (Å²) in [5.74, 6) is -0.0310. The number of aliphatic imine (C=N–C) groups is 1. The van der Waals surface area contributed by atoms with E-state index in [0.29, 0.717) is 5.69 Å². The number of para-hydroxylation sites is 1. The first-order chi connectivity index (χ1) is 10.1. The number of anilines is 2. The van der Waals surface area contributed by atoms with Crippen molar-refractivity contribution in [3.63, 3.8) is 0 Å². The maximum absolute atomic E-state index is 11.8. The normalized spacial score (nSPS) is 10.5. The van der Waals surface area contributed by atoms with E-state index in [1.54, 1.807) is 6.07 Å². The van der Waals surface area contributed by atoms with Crippen LogP contribution in [0.1, 0.15) is 0 Å². The third kappa shape index (κ3) is 6.44. The number of nitrogens with one attached hydrogen (secondary N) is 2. The Morgan fingerprint density at radius 2 is 1.73 bits per heavy atom. The smallest absolute Gasteiger partial charge is 0.246 e. The molecule has 22 heavy (non-hydrogen) atoms. The van der Waals surface area contributed by atoms with Gasteiger partial charge in [-0.1, -0.05) is 40.2 Å². The Hall–Kier alpha value is -1.61. The number of carbonyl (C=O) groups is 1. The molecule has 0 heterocycles. The highest BCUT2D eigenvalue weighted by molar-refractivity contribution is 14.0. The van der Waals surface area contributed by atoms with Crippen LogP contribution in [0.5, 0.6) is 0 Å². The van der Waals surface area contributed by atoms with Gasteiger partial charge in [0.1, 0.15) is 6.54 Å². The molecule has 1 amide bonds. The predicted molar refractivity (Wildman–Crippen MR) is 105 cm³/mol. The van der Waals surface area contributed by atoms with Crippen LogP contribution in [0.2, 0.25) is 0 Å². The molecule has 7 heteroatoms. The zero-order valence-corrected chi connectivity index (χ0v) is 15.5. The van der Waals surface area contributed by atoms with Gasteiger partial charge in [-0.3, -0.25) is 4.79 Å². The monoisotopic (exact) mass is 474 g/mol. The summed E-state index contributed by atoms with van der Waals surface area (Å²) in [6, 6.07) is 16.7. The van der Waals surface area contributed by atoms with Crippen LogP contribution in [0.3, 0.4) is 0 Å². The molecular weight excluding hydrogens is 459 g/mol. The summed E-state index contributed by atoms with van der Waals surface area (Å²) in [5, 5.41) is 5.65. The van der Waals surface area contributed by atoms with E-state index in [4.69, 9.17) is 5.73 Å². The molecule has 116 valence electrons. The molecule has 5 nitrogen and oxygen atoms in total. The lowest BCUT2D eigenvalue weighted by atomic mass is 10.3. The van der Waals surface area contributed by atoms with Crippen LogP contribution in [0.25, 0.3) is 0 Å². The molecule has 0 atom stereocenters. The molecule has 0 aliphatic rings. The molecule has 0 aliphatic carbocycles. The number of guanidine groups is 1. The fraction of sp³-hybridized carbons (Fsp3) is 0.0667. The van der Waals surface area contributed by atoms with Crippen LogP contribution in [0.4, 0.5) is 11.4 Å². The number of halogens is 2. The number of hydrogen-bond donors (Lipinski definition) is 3. The minimum atomic E-state index is -0.231. The third-order valence-corrected chi connectivity index (χ3v) is 3.04. The first kappa shape index (κ1) is 18.4. The number of amides is 1. The van der Waals surface area contributed by atoms with E-state index >= 15 is 0 Å². The molecule has 0 aliphatic heterocycles. The zero-order valence-electron chi connectivity index (χ0n) is 11.6. The molecule has 0 fully saturated rings. The van der Waals surface area contributed by atoms with E-state index in [2.05, 4.69) is 31.6 Å². The Kier molecular flexibility index (Phi) is 7.89. The molecule has 0 bridgehead atoms. The summed E-state index contributed by atoms with van der Waals surface area (Å²) in [5.41, 5.74) is 7.26. The van der Waals surface area contributed by atoms with Crippen molar-refractivity contribution >= 4 is 63.1 Å². The number of nitrogens with zero attached hydrogens (tertiary/aromatic N) is 1. The first-order valence-corrected chi connectivity index (χ1v) is 7.10. The zero-order chi connectivity index (χ0) is 15.1. The Bertz CT molecular complexity index is 649. The van der Waals surface area contributed by atoms with E-state index < -0.39 is 0 Å². The average Bonchev–Trinajstić information content (AvgIpc) is 2.46. The summed E-state index contributed by atoms with van der Waals surface area (Å²) < 4.78 is 0.897. The topological polar surface area (TPSA) is 79.5 Å². The van der Waals surface area contributed by atoms with Crippen molar-refractivity contribution in [3.05, 3.63) is 59.1 Å². The van der Waals surface area contributed by atoms with Crippen molar-refractivity contribution < 1.29 is 4.79 Å². The number of nitrogens with two attached hydrogens (primary N) is 1. The van der Waals surface area contributed by atoms with Gasteiger partial charge >= 0.3 is 0 Å². The van der Waals surface area contributed by atoms with Gasteiger partial charge in [0.05, 0.1) is 0 Å². The molecule has 0 radical (unpaired) electrons. The van der Waals surface area contributed by atoms with Crippen molar-refractivity contribution in [2.75, 3.05) is 17.2 Å². The molecule has 0 saturated heterocycles. The molecular formula is C15H16BrIN4O. The second-order valence-corrected chi connectivity index (χ2v) is 5.17. The van der Waals surface area contributed by atoms with Crippen molar-refractivity contribution in [1.29, 1.82) is 0 Å². The maximum atomic E-state index is 11.8. The van der Waals surface area contributed by atoms with E-state index in [0.717, 1.165) is 10.2 Å². The van der Waals surface area contributed by atoms with Crippen LogP contribution in [-0.4, -0.2) is 18.4 Å². The quantitative estimate of drug-likeness (QED) is 0.361. The molecule has 2 aromatic rings. The highest BCUT2D eigenvalue weighted by atomic mass is 127. The highest BCUT2D eigenvalue weighted by Gasteiger charge is 2.02. The van der Waals surface area contributed by atoms with Crippen LogP contribution in [0, 0.1) is 0 Å². The Balaban J connectivity index is 0.00000242. The molecule has 0 saturated carbocycles. The van der Waals surface area contributed by atoms with Crippen LogP contribution in [0.15, 0.2) is 64.1 Å². The van der Waals surface area contributed by atoms with Crippen LogP contribution >= 0.6 is 39.9 Å². The minimum Gasteiger partial charge on any atom is -0.370 e. The number of carbonyl (C=O) groups excluding carboxylic acids is 1. The Morgan fingerprint density at radius 3 is 2.41 bits per heavy atom. The second-order valence-electron chi connectivity index (χ2n) is 4.25. The largest absolute Gasteiger partial charge is 0.370 e. The lowest BCUT2D eigenvalue weighted by Crippen LogP contribution is -2.25. The second kappa shape index (κ2) is 9.42. The average molecular weight is 475 g/mol.